The Morgan fingerprint density at radius 1 is 1.45 bits per heavy atom. The molecule has 0 bridgehead atoms. The molecule has 0 atom stereocenters. The Morgan fingerprint density at radius 2 is 2.15 bits per heavy atom. The second kappa shape index (κ2) is 7.67. The molecule has 112 valence electrons. The minimum absolute atomic E-state index is 0.312. The molecule has 0 radical (unpaired) electrons. The molecule has 0 aliphatic carbocycles. The van der Waals surface area contributed by atoms with Gasteiger partial charge in [0.1, 0.15) is 11.5 Å². The summed E-state index contributed by atoms with van der Waals surface area (Å²) in [6.07, 6.45) is 1.87. The SMILES string of the molecule is CCOC(=O)N/N=C/c1nc(CC(C)C)[nH]c1C(C)C. The summed E-state index contributed by atoms with van der Waals surface area (Å²) in [5.41, 5.74) is 4.08. The number of amides is 1. The predicted molar refractivity (Wildman–Crippen MR) is 79.0 cm³/mol. The number of nitrogens with one attached hydrogen (secondary N) is 2. The van der Waals surface area contributed by atoms with E-state index in [1.54, 1.807) is 13.1 Å². The van der Waals surface area contributed by atoms with Crippen LogP contribution in [-0.2, 0) is 11.2 Å². The summed E-state index contributed by atoms with van der Waals surface area (Å²) in [6, 6.07) is 0. The second-order valence-electron chi connectivity index (χ2n) is 5.33. The van der Waals surface area contributed by atoms with Gasteiger partial charge in [-0.3, -0.25) is 0 Å². The molecule has 0 spiro atoms. The highest BCUT2D eigenvalue weighted by Gasteiger charge is 2.12. The lowest BCUT2D eigenvalue weighted by molar-refractivity contribution is 0.152. The van der Waals surface area contributed by atoms with Crippen LogP contribution in [0, 0.1) is 5.92 Å². The van der Waals surface area contributed by atoms with E-state index in [0.717, 1.165) is 23.6 Å². The number of rotatable bonds is 6. The third-order valence-corrected chi connectivity index (χ3v) is 2.61. The van der Waals surface area contributed by atoms with Crippen molar-refractivity contribution in [1.82, 2.24) is 15.4 Å². The first-order chi connectivity index (χ1) is 9.43. The summed E-state index contributed by atoms with van der Waals surface area (Å²) in [5, 5.41) is 3.86. The van der Waals surface area contributed by atoms with E-state index < -0.39 is 6.09 Å². The quantitative estimate of drug-likeness (QED) is 0.621. The smallest absolute Gasteiger partial charge is 0.427 e. The maximum atomic E-state index is 11.1. The third-order valence-electron chi connectivity index (χ3n) is 2.61. The molecule has 0 fully saturated rings. The molecule has 20 heavy (non-hydrogen) atoms. The van der Waals surface area contributed by atoms with Crippen molar-refractivity contribution in [3.05, 3.63) is 17.2 Å². The van der Waals surface area contributed by atoms with E-state index in [4.69, 9.17) is 4.74 Å². The van der Waals surface area contributed by atoms with E-state index >= 15 is 0 Å². The van der Waals surface area contributed by atoms with E-state index in [9.17, 15) is 4.79 Å². The van der Waals surface area contributed by atoms with Gasteiger partial charge in [-0.15, -0.1) is 0 Å². The Morgan fingerprint density at radius 3 is 2.70 bits per heavy atom. The molecule has 0 aliphatic heterocycles. The average molecular weight is 280 g/mol. The van der Waals surface area contributed by atoms with Crippen molar-refractivity contribution in [2.24, 2.45) is 11.0 Å². The molecular weight excluding hydrogens is 256 g/mol. The molecule has 1 aromatic rings. The summed E-state index contributed by atoms with van der Waals surface area (Å²) in [6.45, 7) is 10.5. The van der Waals surface area contributed by atoms with E-state index in [1.165, 1.54) is 0 Å². The van der Waals surface area contributed by atoms with Crippen LogP contribution in [0.25, 0.3) is 0 Å². The number of carbonyl (C=O) groups excluding carboxylic acids is 1. The summed E-state index contributed by atoms with van der Waals surface area (Å²) < 4.78 is 4.72. The number of hydrogen-bond acceptors (Lipinski definition) is 4. The van der Waals surface area contributed by atoms with Gasteiger partial charge in [0.25, 0.3) is 0 Å². The first kappa shape index (κ1) is 16.2. The summed E-state index contributed by atoms with van der Waals surface area (Å²) in [4.78, 5) is 19.0. The van der Waals surface area contributed by atoms with Gasteiger partial charge in [0, 0.05) is 12.1 Å². The lowest BCUT2D eigenvalue weighted by Crippen LogP contribution is -2.18. The normalized spacial score (nSPS) is 11.6. The van der Waals surface area contributed by atoms with Crippen LogP contribution in [-0.4, -0.2) is 28.9 Å². The molecule has 6 heteroatoms. The minimum Gasteiger partial charge on any atom is -0.449 e. The molecule has 1 rings (SSSR count). The zero-order valence-electron chi connectivity index (χ0n) is 12.9. The molecule has 6 nitrogen and oxygen atoms in total. The average Bonchev–Trinajstić information content (AvgIpc) is 2.71. The van der Waals surface area contributed by atoms with Crippen LogP contribution in [0.15, 0.2) is 5.10 Å². The van der Waals surface area contributed by atoms with Gasteiger partial charge in [-0.1, -0.05) is 27.7 Å². The zero-order valence-corrected chi connectivity index (χ0v) is 12.9. The van der Waals surface area contributed by atoms with E-state index in [1.807, 2.05) is 0 Å². The third kappa shape index (κ3) is 5.03. The summed E-state index contributed by atoms with van der Waals surface area (Å²) in [5.74, 6) is 1.79. The van der Waals surface area contributed by atoms with Crippen LogP contribution in [0.1, 0.15) is 57.7 Å². The number of carbonyl (C=O) groups is 1. The van der Waals surface area contributed by atoms with Gasteiger partial charge in [0.05, 0.1) is 12.8 Å². The van der Waals surface area contributed by atoms with Gasteiger partial charge in [0.15, 0.2) is 0 Å². The van der Waals surface area contributed by atoms with Crippen molar-refractivity contribution in [1.29, 1.82) is 0 Å². The van der Waals surface area contributed by atoms with Gasteiger partial charge in [-0.2, -0.15) is 5.10 Å². The lowest BCUT2D eigenvalue weighted by atomic mass is 10.1. The van der Waals surface area contributed by atoms with Crippen LogP contribution >= 0.6 is 0 Å². The van der Waals surface area contributed by atoms with Gasteiger partial charge < -0.3 is 9.72 Å². The topological polar surface area (TPSA) is 79.4 Å². The number of H-pyrrole nitrogens is 1. The van der Waals surface area contributed by atoms with Crippen LogP contribution < -0.4 is 5.43 Å². The molecule has 1 amide bonds. The maximum absolute atomic E-state index is 11.1. The Balaban J connectivity index is 2.79. The van der Waals surface area contributed by atoms with Crippen molar-refractivity contribution >= 4 is 12.3 Å². The Labute approximate surface area is 120 Å². The first-order valence-electron chi connectivity index (χ1n) is 6.98. The van der Waals surface area contributed by atoms with E-state index in [2.05, 4.69) is 48.2 Å². The molecule has 1 aromatic heterocycles. The first-order valence-corrected chi connectivity index (χ1v) is 6.98. The number of imidazole rings is 1. The molecule has 1 heterocycles. The zero-order chi connectivity index (χ0) is 15.1. The lowest BCUT2D eigenvalue weighted by Gasteiger charge is -2.02. The van der Waals surface area contributed by atoms with Crippen molar-refractivity contribution in [3.63, 3.8) is 0 Å². The largest absolute Gasteiger partial charge is 0.449 e. The standard InChI is InChI=1S/C14H24N4O2/c1-6-20-14(19)18-15-8-11-13(10(4)5)17-12(16-11)7-9(2)3/h8-10H,6-7H2,1-5H3,(H,16,17)(H,18,19)/b15-8+. The number of nitrogens with zero attached hydrogens (tertiary/aromatic N) is 2. The molecule has 0 aliphatic rings. The van der Waals surface area contributed by atoms with Gasteiger partial charge >= 0.3 is 6.09 Å². The van der Waals surface area contributed by atoms with Crippen LogP contribution in [0.4, 0.5) is 4.79 Å². The molecule has 0 saturated heterocycles. The molecule has 0 aromatic carbocycles. The predicted octanol–water partition coefficient (Wildman–Crippen LogP) is 2.81. The summed E-state index contributed by atoms with van der Waals surface area (Å²) >= 11 is 0. The van der Waals surface area contributed by atoms with Gasteiger partial charge in [0.2, 0.25) is 0 Å². The van der Waals surface area contributed by atoms with Crippen molar-refractivity contribution < 1.29 is 9.53 Å². The Hall–Kier alpha value is -1.85. The molecule has 2 N–H and O–H groups in total. The maximum Gasteiger partial charge on any atom is 0.427 e. The van der Waals surface area contributed by atoms with Gasteiger partial charge in [-0.05, 0) is 18.8 Å². The summed E-state index contributed by atoms with van der Waals surface area (Å²) in [7, 11) is 0. The highest BCUT2D eigenvalue weighted by Crippen LogP contribution is 2.17. The molecular formula is C14H24N4O2. The second-order valence-corrected chi connectivity index (χ2v) is 5.33. The van der Waals surface area contributed by atoms with Crippen LogP contribution in [0.2, 0.25) is 0 Å². The number of aromatic amines is 1. The van der Waals surface area contributed by atoms with Crippen LogP contribution in [0.5, 0.6) is 0 Å². The van der Waals surface area contributed by atoms with E-state index in [0.29, 0.717) is 18.4 Å². The van der Waals surface area contributed by atoms with Crippen molar-refractivity contribution in [2.75, 3.05) is 6.61 Å². The van der Waals surface area contributed by atoms with Crippen molar-refractivity contribution in [3.8, 4) is 0 Å². The number of hydrazone groups is 1. The highest BCUT2D eigenvalue weighted by molar-refractivity contribution is 5.80. The number of hydrogen-bond donors (Lipinski definition) is 2. The molecule has 0 saturated carbocycles. The monoisotopic (exact) mass is 280 g/mol. The Kier molecular flexibility index (Phi) is 6.21. The Bertz CT molecular complexity index is 464. The number of ether oxygens (including phenoxy) is 1. The van der Waals surface area contributed by atoms with E-state index in [-0.39, 0.29) is 0 Å². The number of aromatic nitrogens is 2. The fourth-order valence-electron chi connectivity index (χ4n) is 1.78. The van der Waals surface area contributed by atoms with Crippen LogP contribution in [0.3, 0.4) is 0 Å². The van der Waals surface area contributed by atoms with Crippen molar-refractivity contribution in [2.45, 2.75) is 47.0 Å². The fraction of sp³-hybridized carbons (Fsp3) is 0.643. The fourth-order valence-corrected chi connectivity index (χ4v) is 1.78. The molecule has 0 unspecified atom stereocenters. The van der Waals surface area contributed by atoms with Gasteiger partial charge in [-0.25, -0.2) is 15.2 Å². The highest BCUT2D eigenvalue weighted by atomic mass is 16.5. The minimum atomic E-state index is -0.562.